The minimum absolute atomic E-state index is 0.350. The number of hydrogen-bond donors (Lipinski definition) is 0. The van der Waals surface area contributed by atoms with Gasteiger partial charge in [-0.2, -0.15) is 13.2 Å². The third-order valence-electron chi connectivity index (χ3n) is 6.11. The molecule has 10 heteroatoms. The topological polar surface area (TPSA) is 59.1 Å². The number of benzene rings is 3. The average Bonchev–Trinajstić information content (AvgIpc) is 3.35. The minimum atomic E-state index is -4.51. The second-order valence-corrected chi connectivity index (χ2v) is 8.56. The van der Waals surface area contributed by atoms with Crippen LogP contribution in [0.3, 0.4) is 0 Å². The Labute approximate surface area is 203 Å². The first-order valence-electron chi connectivity index (χ1n) is 10.6. The van der Waals surface area contributed by atoms with E-state index in [0.717, 1.165) is 17.0 Å². The van der Waals surface area contributed by atoms with Crippen molar-refractivity contribution >= 4 is 34.8 Å². The molecule has 2 amide bonds. The number of nitrogens with zero attached hydrogens (tertiary/aromatic N) is 2. The van der Waals surface area contributed by atoms with Crippen molar-refractivity contribution in [2.75, 3.05) is 17.1 Å². The molecule has 0 aliphatic carbocycles. The number of rotatable bonds is 4. The maximum absolute atomic E-state index is 13.6. The molecule has 35 heavy (non-hydrogen) atoms. The minimum Gasteiger partial charge on any atom is -0.497 e. The number of imide groups is 1. The number of amides is 2. The number of alkyl halides is 3. The van der Waals surface area contributed by atoms with Crippen molar-refractivity contribution in [1.82, 2.24) is 0 Å². The molecule has 3 atom stereocenters. The average molecular weight is 503 g/mol. The van der Waals surface area contributed by atoms with Gasteiger partial charge in [-0.1, -0.05) is 23.7 Å². The van der Waals surface area contributed by atoms with E-state index >= 15 is 0 Å². The van der Waals surface area contributed by atoms with E-state index in [1.165, 1.54) is 24.3 Å². The van der Waals surface area contributed by atoms with Gasteiger partial charge in [0.1, 0.15) is 11.7 Å². The van der Waals surface area contributed by atoms with E-state index in [4.69, 9.17) is 21.2 Å². The summed E-state index contributed by atoms with van der Waals surface area (Å²) in [5.41, 5.74) is 0.440. The Morgan fingerprint density at radius 2 is 1.46 bits per heavy atom. The molecule has 3 aromatic carbocycles. The fraction of sp³-hybridized carbons (Fsp3) is 0.200. The summed E-state index contributed by atoms with van der Waals surface area (Å²) >= 11 is 5.99. The van der Waals surface area contributed by atoms with Crippen molar-refractivity contribution in [2.24, 2.45) is 5.92 Å². The predicted octanol–water partition coefficient (Wildman–Crippen LogP) is 5.42. The zero-order valence-corrected chi connectivity index (χ0v) is 19.0. The number of halogens is 4. The zero-order chi connectivity index (χ0) is 24.9. The number of hydrogen-bond acceptors (Lipinski definition) is 5. The van der Waals surface area contributed by atoms with Crippen LogP contribution in [0, 0.1) is 5.92 Å². The van der Waals surface area contributed by atoms with Gasteiger partial charge in [0.2, 0.25) is 5.91 Å². The van der Waals surface area contributed by atoms with E-state index in [1.807, 2.05) is 0 Å². The second-order valence-electron chi connectivity index (χ2n) is 8.13. The molecule has 0 N–H and O–H groups in total. The van der Waals surface area contributed by atoms with E-state index in [0.29, 0.717) is 27.7 Å². The standard InChI is InChI=1S/C25H18ClF3N2O4/c1-34-19-12-10-17(11-13-19)30-23(32)20-21(14-2-4-15(5-3-14)25(27,28)29)31(35-22(20)24(30)33)18-8-6-16(26)7-9-18/h2-13,20-22H,1H3/t20-,21+,22+/m0/s1. The van der Waals surface area contributed by atoms with Gasteiger partial charge in [0, 0.05) is 5.02 Å². The largest absolute Gasteiger partial charge is 0.497 e. The van der Waals surface area contributed by atoms with Gasteiger partial charge in [0.05, 0.1) is 30.1 Å². The van der Waals surface area contributed by atoms with Gasteiger partial charge >= 0.3 is 6.18 Å². The van der Waals surface area contributed by atoms with E-state index in [2.05, 4.69) is 0 Å². The van der Waals surface area contributed by atoms with Gasteiger partial charge in [-0.25, -0.2) is 9.96 Å². The maximum atomic E-state index is 13.6. The molecule has 0 unspecified atom stereocenters. The Morgan fingerprint density at radius 1 is 0.857 bits per heavy atom. The van der Waals surface area contributed by atoms with Crippen LogP contribution in [0.25, 0.3) is 0 Å². The second kappa shape index (κ2) is 8.58. The summed E-state index contributed by atoms with van der Waals surface area (Å²) in [4.78, 5) is 33.9. The van der Waals surface area contributed by atoms with E-state index in [9.17, 15) is 22.8 Å². The molecule has 3 aromatic rings. The summed E-state index contributed by atoms with van der Waals surface area (Å²) in [6.45, 7) is 0. The lowest BCUT2D eigenvalue weighted by Crippen LogP contribution is -2.37. The van der Waals surface area contributed by atoms with Crippen molar-refractivity contribution in [3.63, 3.8) is 0 Å². The Balaban J connectivity index is 1.55. The SMILES string of the molecule is COc1ccc(N2C(=O)[C@H]3[C@@H](c4ccc(C(F)(F)F)cc4)N(c4ccc(Cl)cc4)O[C@H]3C2=O)cc1. The van der Waals surface area contributed by atoms with Gasteiger partial charge in [-0.3, -0.25) is 14.4 Å². The number of hydroxylamine groups is 1. The fourth-order valence-electron chi connectivity index (χ4n) is 4.42. The van der Waals surface area contributed by atoms with Crippen LogP contribution in [0.5, 0.6) is 5.75 Å². The Kier molecular flexibility index (Phi) is 5.69. The number of ether oxygens (including phenoxy) is 1. The molecule has 2 aliphatic heterocycles. The van der Waals surface area contributed by atoms with Crippen molar-refractivity contribution in [3.8, 4) is 5.75 Å². The van der Waals surface area contributed by atoms with Crippen LogP contribution in [-0.4, -0.2) is 25.0 Å². The zero-order valence-electron chi connectivity index (χ0n) is 18.2. The first-order chi connectivity index (χ1) is 16.7. The van der Waals surface area contributed by atoms with Gasteiger partial charge < -0.3 is 4.74 Å². The summed E-state index contributed by atoms with van der Waals surface area (Å²) in [6.07, 6.45) is -5.65. The fourth-order valence-corrected chi connectivity index (χ4v) is 4.55. The molecule has 0 aromatic heterocycles. The molecule has 0 spiro atoms. The van der Waals surface area contributed by atoms with Crippen LogP contribution in [-0.2, 0) is 20.6 Å². The van der Waals surface area contributed by atoms with Crippen molar-refractivity contribution in [1.29, 1.82) is 0 Å². The highest BCUT2D eigenvalue weighted by molar-refractivity contribution is 6.30. The number of carbonyl (C=O) groups excluding carboxylic acids is 2. The molecule has 2 fully saturated rings. The summed E-state index contributed by atoms with van der Waals surface area (Å²) < 4.78 is 44.5. The van der Waals surface area contributed by atoms with Gasteiger partial charge in [-0.05, 0) is 66.2 Å². The summed E-state index contributed by atoms with van der Waals surface area (Å²) in [6, 6.07) is 16.6. The van der Waals surface area contributed by atoms with Crippen LogP contribution in [0.15, 0.2) is 72.8 Å². The van der Waals surface area contributed by atoms with E-state index in [1.54, 1.807) is 48.5 Å². The Hall–Kier alpha value is -3.56. The lowest BCUT2D eigenvalue weighted by Gasteiger charge is -2.29. The Bertz CT molecular complexity index is 1260. The smallest absolute Gasteiger partial charge is 0.416 e. The molecule has 2 saturated heterocycles. The van der Waals surface area contributed by atoms with Crippen LogP contribution in [0.4, 0.5) is 24.5 Å². The Morgan fingerprint density at radius 3 is 2.03 bits per heavy atom. The summed E-state index contributed by atoms with van der Waals surface area (Å²) in [5.74, 6) is -1.48. The molecule has 2 aliphatic rings. The molecule has 0 bridgehead atoms. The molecular weight excluding hydrogens is 485 g/mol. The van der Waals surface area contributed by atoms with Gasteiger partial charge in [0.25, 0.3) is 5.91 Å². The van der Waals surface area contributed by atoms with Gasteiger partial charge in [-0.15, -0.1) is 0 Å². The van der Waals surface area contributed by atoms with Crippen molar-refractivity contribution in [2.45, 2.75) is 18.3 Å². The van der Waals surface area contributed by atoms with Crippen LogP contribution < -0.4 is 14.7 Å². The van der Waals surface area contributed by atoms with Crippen LogP contribution >= 0.6 is 11.6 Å². The van der Waals surface area contributed by atoms with Crippen molar-refractivity contribution < 1.29 is 32.3 Å². The third kappa shape index (κ3) is 4.00. The molecular formula is C25H18ClF3N2O4. The highest BCUT2D eigenvalue weighted by atomic mass is 35.5. The van der Waals surface area contributed by atoms with E-state index < -0.39 is 41.6 Å². The first kappa shape index (κ1) is 23.2. The lowest BCUT2D eigenvalue weighted by molar-refractivity contribution is -0.137. The maximum Gasteiger partial charge on any atom is 0.416 e. The van der Waals surface area contributed by atoms with Gasteiger partial charge in [0.15, 0.2) is 6.10 Å². The highest BCUT2D eigenvalue weighted by Gasteiger charge is 2.60. The normalized spacial score (nSPS) is 22.0. The third-order valence-corrected chi connectivity index (χ3v) is 6.36. The quantitative estimate of drug-likeness (QED) is 0.446. The number of anilines is 2. The molecule has 6 nitrogen and oxygen atoms in total. The number of methoxy groups -OCH3 is 1. The predicted molar refractivity (Wildman–Crippen MR) is 122 cm³/mol. The summed E-state index contributed by atoms with van der Waals surface area (Å²) in [7, 11) is 1.50. The first-order valence-corrected chi connectivity index (χ1v) is 11.0. The van der Waals surface area contributed by atoms with Crippen LogP contribution in [0.2, 0.25) is 5.02 Å². The van der Waals surface area contributed by atoms with Crippen molar-refractivity contribution in [3.05, 3.63) is 88.9 Å². The number of carbonyl (C=O) groups is 2. The van der Waals surface area contributed by atoms with Crippen LogP contribution in [0.1, 0.15) is 17.2 Å². The molecule has 5 rings (SSSR count). The molecule has 0 saturated carbocycles. The lowest BCUT2D eigenvalue weighted by atomic mass is 9.90. The monoisotopic (exact) mass is 502 g/mol. The highest BCUT2D eigenvalue weighted by Crippen LogP contribution is 2.48. The summed E-state index contributed by atoms with van der Waals surface area (Å²) in [5, 5.41) is 1.87. The molecule has 2 heterocycles. The molecule has 0 radical (unpaired) electrons. The van der Waals surface area contributed by atoms with E-state index in [-0.39, 0.29) is 0 Å². The number of fused-ring (bicyclic) bond motifs is 1. The molecule has 180 valence electrons.